The summed E-state index contributed by atoms with van der Waals surface area (Å²) in [7, 11) is 1.66. The van der Waals surface area contributed by atoms with Crippen molar-refractivity contribution in [3.05, 3.63) is 90.5 Å². The number of nitrogens with zero attached hydrogens (tertiary/aromatic N) is 4. The minimum atomic E-state index is 0.550. The summed E-state index contributed by atoms with van der Waals surface area (Å²) < 4.78 is 12.9. The van der Waals surface area contributed by atoms with Crippen LogP contribution in [0.3, 0.4) is 0 Å². The Morgan fingerprint density at radius 3 is 2.61 bits per heavy atom. The molecule has 154 valence electrons. The number of thioether (sulfide) groups is 1. The van der Waals surface area contributed by atoms with Crippen LogP contribution in [0.1, 0.15) is 11.5 Å². The smallest absolute Gasteiger partial charge is 0.192 e. The number of benzene rings is 2. The van der Waals surface area contributed by atoms with Crippen LogP contribution in [0.2, 0.25) is 0 Å². The lowest BCUT2D eigenvalue weighted by atomic mass is 10.2. The number of para-hydroxylation sites is 1. The molecule has 5 rings (SSSR count). The molecule has 0 N–H and O–H groups in total. The zero-order valence-corrected chi connectivity index (χ0v) is 17.7. The minimum Gasteiger partial charge on any atom is -0.497 e. The highest BCUT2D eigenvalue weighted by molar-refractivity contribution is 7.98. The molecule has 2 aromatic carbocycles. The van der Waals surface area contributed by atoms with Crippen LogP contribution in [0.15, 0.2) is 88.6 Å². The van der Waals surface area contributed by atoms with E-state index in [1.165, 1.54) is 0 Å². The van der Waals surface area contributed by atoms with Crippen LogP contribution in [-0.2, 0) is 12.3 Å². The number of ether oxygens (including phenoxy) is 1. The molecule has 0 saturated heterocycles. The predicted octanol–water partition coefficient (Wildman–Crippen LogP) is 5.44. The maximum atomic E-state index is 5.58. The highest BCUT2D eigenvalue weighted by atomic mass is 32.2. The molecule has 5 aromatic rings. The van der Waals surface area contributed by atoms with Gasteiger partial charge in [-0.25, -0.2) is 0 Å². The molecule has 6 nitrogen and oxygen atoms in total. The minimum absolute atomic E-state index is 0.550. The van der Waals surface area contributed by atoms with Gasteiger partial charge >= 0.3 is 0 Å². The van der Waals surface area contributed by atoms with E-state index < -0.39 is 0 Å². The van der Waals surface area contributed by atoms with Gasteiger partial charge in [-0.1, -0.05) is 36.0 Å². The van der Waals surface area contributed by atoms with Crippen LogP contribution < -0.4 is 4.74 Å². The number of methoxy groups -OCH3 is 1. The molecule has 0 unspecified atom stereocenters. The largest absolute Gasteiger partial charge is 0.497 e. The zero-order valence-electron chi connectivity index (χ0n) is 16.9. The quantitative estimate of drug-likeness (QED) is 0.322. The van der Waals surface area contributed by atoms with E-state index in [0.29, 0.717) is 12.3 Å². The summed E-state index contributed by atoms with van der Waals surface area (Å²) >= 11 is 1.61. The third-order valence-electron chi connectivity index (χ3n) is 4.96. The van der Waals surface area contributed by atoms with E-state index in [0.717, 1.165) is 44.7 Å². The molecule has 0 aliphatic heterocycles. The Balaban J connectivity index is 1.44. The van der Waals surface area contributed by atoms with E-state index in [9.17, 15) is 0 Å². The molecule has 0 atom stereocenters. The number of furan rings is 1. The molecule has 0 saturated carbocycles. The second-order valence-corrected chi connectivity index (χ2v) is 7.93. The van der Waals surface area contributed by atoms with Crippen molar-refractivity contribution in [1.82, 2.24) is 19.7 Å². The summed E-state index contributed by atoms with van der Waals surface area (Å²) in [4.78, 5) is 4.77. The van der Waals surface area contributed by atoms with Crippen LogP contribution in [0.4, 0.5) is 0 Å². The summed E-state index contributed by atoms with van der Waals surface area (Å²) in [6.45, 7) is 0.550. The molecule has 3 aromatic heterocycles. The van der Waals surface area contributed by atoms with Gasteiger partial charge in [0.05, 0.1) is 31.1 Å². The molecule has 0 aliphatic carbocycles. The van der Waals surface area contributed by atoms with Gasteiger partial charge in [-0.15, -0.1) is 10.2 Å². The number of hydrogen-bond acceptors (Lipinski definition) is 6. The molecule has 7 heteroatoms. The molecule has 0 aliphatic rings. The third kappa shape index (κ3) is 4.18. The molecule has 0 spiro atoms. The van der Waals surface area contributed by atoms with E-state index >= 15 is 0 Å². The summed E-state index contributed by atoms with van der Waals surface area (Å²) in [6.07, 6.45) is 1.68. The number of pyridine rings is 1. The van der Waals surface area contributed by atoms with E-state index in [1.807, 2.05) is 54.6 Å². The molecule has 0 bridgehead atoms. The maximum absolute atomic E-state index is 5.58. The van der Waals surface area contributed by atoms with E-state index in [1.54, 1.807) is 25.1 Å². The summed E-state index contributed by atoms with van der Waals surface area (Å²) in [5.74, 6) is 3.13. The lowest BCUT2D eigenvalue weighted by Gasteiger charge is -2.09. The zero-order chi connectivity index (χ0) is 21.0. The number of rotatable bonds is 7. The molecular formula is C24H20N4O2S. The molecule has 0 amide bonds. The van der Waals surface area contributed by atoms with Gasteiger partial charge in [0.25, 0.3) is 0 Å². The monoisotopic (exact) mass is 428 g/mol. The molecule has 3 heterocycles. The van der Waals surface area contributed by atoms with Gasteiger partial charge in [0.15, 0.2) is 11.0 Å². The van der Waals surface area contributed by atoms with Gasteiger partial charge in [0, 0.05) is 16.7 Å². The SMILES string of the molecule is COc1ccc(-c2nnc(SCc3ccc4ccccc4n3)n2Cc2ccco2)cc1. The summed E-state index contributed by atoms with van der Waals surface area (Å²) in [5, 5.41) is 10.9. The average Bonchev–Trinajstić information content (AvgIpc) is 3.48. The van der Waals surface area contributed by atoms with Crippen molar-refractivity contribution < 1.29 is 9.15 Å². The number of fused-ring (bicyclic) bond motifs is 1. The highest BCUT2D eigenvalue weighted by Crippen LogP contribution is 2.28. The Kier molecular flexibility index (Phi) is 5.41. The first kappa shape index (κ1) is 19.4. The van der Waals surface area contributed by atoms with E-state index in [-0.39, 0.29) is 0 Å². The number of aromatic nitrogens is 4. The number of hydrogen-bond donors (Lipinski definition) is 0. The Labute approximate surface area is 183 Å². The first-order valence-corrected chi connectivity index (χ1v) is 10.9. The Morgan fingerprint density at radius 1 is 0.935 bits per heavy atom. The normalized spacial score (nSPS) is 11.1. The van der Waals surface area contributed by atoms with Gasteiger partial charge in [-0.2, -0.15) is 0 Å². The van der Waals surface area contributed by atoms with Gasteiger partial charge in [0.1, 0.15) is 11.5 Å². The molecule has 0 radical (unpaired) electrons. The first-order valence-electron chi connectivity index (χ1n) is 9.87. The molecular weight excluding hydrogens is 408 g/mol. The maximum Gasteiger partial charge on any atom is 0.192 e. The summed E-state index contributed by atoms with van der Waals surface area (Å²) in [6, 6.07) is 24.0. The van der Waals surface area contributed by atoms with Crippen LogP contribution in [0.5, 0.6) is 5.75 Å². The van der Waals surface area contributed by atoms with E-state index in [2.05, 4.69) is 33.0 Å². The van der Waals surface area contributed by atoms with Crippen molar-refractivity contribution in [3.8, 4) is 17.1 Å². The van der Waals surface area contributed by atoms with Crippen LogP contribution in [0, 0.1) is 0 Å². The van der Waals surface area contributed by atoms with Crippen molar-refractivity contribution in [1.29, 1.82) is 0 Å². The fourth-order valence-electron chi connectivity index (χ4n) is 3.38. The van der Waals surface area contributed by atoms with Gasteiger partial charge < -0.3 is 9.15 Å². The predicted molar refractivity (Wildman–Crippen MR) is 121 cm³/mol. The lowest BCUT2D eigenvalue weighted by molar-refractivity contribution is 0.415. The fourth-order valence-corrected chi connectivity index (χ4v) is 4.22. The van der Waals surface area contributed by atoms with Crippen molar-refractivity contribution >= 4 is 22.7 Å². The Bertz CT molecular complexity index is 1300. The van der Waals surface area contributed by atoms with Crippen LogP contribution >= 0.6 is 11.8 Å². The molecule has 0 fully saturated rings. The van der Waals surface area contributed by atoms with Crippen molar-refractivity contribution in [3.63, 3.8) is 0 Å². The van der Waals surface area contributed by atoms with Crippen molar-refractivity contribution in [2.45, 2.75) is 17.5 Å². The third-order valence-corrected chi connectivity index (χ3v) is 5.96. The summed E-state index contributed by atoms with van der Waals surface area (Å²) in [5.41, 5.74) is 2.97. The standard InChI is InChI=1S/C24H20N4O2S/c1-29-20-12-9-18(10-13-20)23-26-27-24(28(23)15-21-6-4-14-30-21)31-16-19-11-8-17-5-2-3-7-22(17)25-19/h2-14H,15-16H2,1H3. The topological polar surface area (TPSA) is 66.0 Å². The van der Waals surface area contributed by atoms with Crippen molar-refractivity contribution in [2.24, 2.45) is 0 Å². The first-order chi connectivity index (χ1) is 15.3. The van der Waals surface area contributed by atoms with Gasteiger partial charge in [0.2, 0.25) is 0 Å². The Morgan fingerprint density at radius 2 is 1.81 bits per heavy atom. The average molecular weight is 429 g/mol. The van der Waals surface area contributed by atoms with Crippen LogP contribution in [-0.4, -0.2) is 26.9 Å². The van der Waals surface area contributed by atoms with Crippen molar-refractivity contribution in [2.75, 3.05) is 7.11 Å². The fraction of sp³-hybridized carbons (Fsp3) is 0.125. The lowest BCUT2D eigenvalue weighted by Crippen LogP contribution is -2.03. The van der Waals surface area contributed by atoms with E-state index in [4.69, 9.17) is 14.1 Å². The molecule has 31 heavy (non-hydrogen) atoms. The van der Waals surface area contributed by atoms with Crippen LogP contribution in [0.25, 0.3) is 22.3 Å². The second kappa shape index (κ2) is 8.65. The Hall–Kier alpha value is -3.58. The highest BCUT2D eigenvalue weighted by Gasteiger charge is 2.16. The van der Waals surface area contributed by atoms with Gasteiger partial charge in [-0.05, 0) is 48.5 Å². The van der Waals surface area contributed by atoms with Gasteiger partial charge in [-0.3, -0.25) is 9.55 Å². The second-order valence-electron chi connectivity index (χ2n) is 6.98.